The normalized spacial score (nSPS) is 11.4. The van der Waals surface area contributed by atoms with Gasteiger partial charge in [0, 0.05) is 6.04 Å². The molecule has 0 aliphatic heterocycles. The second-order valence-corrected chi connectivity index (χ2v) is 5.02. The van der Waals surface area contributed by atoms with E-state index in [1.165, 1.54) is 0 Å². The van der Waals surface area contributed by atoms with Crippen LogP contribution in [-0.4, -0.2) is 0 Å². The Morgan fingerprint density at radius 1 is 1.14 bits per heavy atom. The third-order valence-electron chi connectivity index (χ3n) is 3.35. The molecule has 0 aromatic heterocycles. The summed E-state index contributed by atoms with van der Waals surface area (Å²) in [5.74, 6) is 0.939. The maximum Gasteiger partial charge on any atom is 0.125 e. The molecule has 0 unspecified atom stereocenters. The van der Waals surface area contributed by atoms with Crippen LogP contribution in [0, 0.1) is 13.8 Å². The number of aryl methyl sites for hydroxylation is 2. The molecule has 0 bridgehead atoms. The van der Waals surface area contributed by atoms with Crippen molar-refractivity contribution < 1.29 is 4.74 Å². The van der Waals surface area contributed by atoms with Crippen LogP contribution in [0.5, 0.6) is 5.75 Å². The molecule has 3 heteroatoms. The molecule has 2 aromatic carbocycles. The Balaban J connectivity index is 0.00000220. The summed E-state index contributed by atoms with van der Waals surface area (Å²) in [7, 11) is 0. The smallest absolute Gasteiger partial charge is 0.125 e. The van der Waals surface area contributed by atoms with Crippen LogP contribution in [0.4, 0.5) is 0 Å². The van der Waals surface area contributed by atoms with E-state index in [0.29, 0.717) is 6.61 Å². The lowest BCUT2D eigenvalue weighted by Crippen LogP contribution is -2.08. The van der Waals surface area contributed by atoms with E-state index in [-0.39, 0.29) is 18.4 Å². The van der Waals surface area contributed by atoms with Crippen LogP contribution in [0.1, 0.15) is 28.3 Å². The van der Waals surface area contributed by atoms with Gasteiger partial charge in [-0.25, -0.2) is 0 Å². The molecule has 0 aliphatic carbocycles. The van der Waals surface area contributed by atoms with Gasteiger partial charge in [0.15, 0.2) is 0 Å². The Morgan fingerprint density at radius 2 is 1.71 bits per heavy atom. The zero-order chi connectivity index (χ0) is 14.5. The number of hydrogen-bond donors (Lipinski definition) is 1. The Kier molecular flexibility index (Phi) is 6.47. The topological polar surface area (TPSA) is 35.2 Å². The predicted molar refractivity (Wildman–Crippen MR) is 91.1 cm³/mol. The van der Waals surface area contributed by atoms with E-state index in [1.54, 1.807) is 6.08 Å². The Bertz CT molecular complexity index is 572. The molecule has 112 valence electrons. The fourth-order valence-electron chi connectivity index (χ4n) is 2.27. The quantitative estimate of drug-likeness (QED) is 0.826. The van der Waals surface area contributed by atoms with Crippen LogP contribution < -0.4 is 10.5 Å². The minimum atomic E-state index is -0.129. The SMILES string of the molecule is C=C[C@H](N)c1cc(C)c(OCc2ccccc2)c(C)c1.Cl. The summed E-state index contributed by atoms with van der Waals surface area (Å²) in [6, 6.07) is 14.2. The van der Waals surface area contributed by atoms with Gasteiger partial charge in [0.2, 0.25) is 0 Å². The highest BCUT2D eigenvalue weighted by molar-refractivity contribution is 5.85. The minimum Gasteiger partial charge on any atom is -0.488 e. The van der Waals surface area contributed by atoms with Crippen LogP contribution in [0.3, 0.4) is 0 Å². The summed E-state index contributed by atoms with van der Waals surface area (Å²) in [6.07, 6.45) is 1.75. The molecule has 0 amide bonds. The average molecular weight is 304 g/mol. The summed E-state index contributed by atoms with van der Waals surface area (Å²) in [6.45, 7) is 8.41. The molecule has 1 atom stereocenters. The molecule has 2 N–H and O–H groups in total. The summed E-state index contributed by atoms with van der Waals surface area (Å²) in [5.41, 5.74) is 10.4. The molecule has 0 heterocycles. The maximum absolute atomic E-state index is 5.99. The van der Waals surface area contributed by atoms with Crippen molar-refractivity contribution in [2.24, 2.45) is 5.73 Å². The number of halogens is 1. The number of benzene rings is 2. The Morgan fingerprint density at radius 3 is 2.24 bits per heavy atom. The summed E-state index contributed by atoms with van der Waals surface area (Å²) in [4.78, 5) is 0. The fourth-order valence-corrected chi connectivity index (χ4v) is 2.27. The van der Waals surface area contributed by atoms with E-state index in [0.717, 1.165) is 28.0 Å². The van der Waals surface area contributed by atoms with Crippen molar-refractivity contribution in [3.05, 3.63) is 77.4 Å². The van der Waals surface area contributed by atoms with E-state index >= 15 is 0 Å². The lowest BCUT2D eigenvalue weighted by atomic mass is 10.0. The van der Waals surface area contributed by atoms with Crippen molar-refractivity contribution in [2.45, 2.75) is 26.5 Å². The molecule has 2 rings (SSSR count). The van der Waals surface area contributed by atoms with Crippen LogP contribution >= 0.6 is 12.4 Å². The molecule has 0 fully saturated rings. The second kappa shape index (κ2) is 7.87. The highest BCUT2D eigenvalue weighted by Crippen LogP contribution is 2.28. The first-order valence-corrected chi connectivity index (χ1v) is 6.78. The summed E-state index contributed by atoms with van der Waals surface area (Å²) in [5, 5.41) is 0. The highest BCUT2D eigenvalue weighted by atomic mass is 35.5. The van der Waals surface area contributed by atoms with E-state index in [9.17, 15) is 0 Å². The van der Waals surface area contributed by atoms with Crippen molar-refractivity contribution in [2.75, 3.05) is 0 Å². The van der Waals surface area contributed by atoms with E-state index < -0.39 is 0 Å². The van der Waals surface area contributed by atoms with Crippen LogP contribution in [0.25, 0.3) is 0 Å². The molecule has 0 radical (unpaired) electrons. The van der Waals surface area contributed by atoms with Crippen LogP contribution in [0.2, 0.25) is 0 Å². The maximum atomic E-state index is 5.99. The first-order valence-electron chi connectivity index (χ1n) is 6.78. The van der Waals surface area contributed by atoms with Gasteiger partial charge in [0.25, 0.3) is 0 Å². The lowest BCUT2D eigenvalue weighted by Gasteiger charge is -2.16. The van der Waals surface area contributed by atoms with Crippen molar-refractivity contribution in [1.82, 2.24) is 0 Å². The second-order valence-electron chi connectivity index (χ2n) is 5.02. The van der Waals surface area contributed by atoms with E-state index in [4.69, 9.17) is 10.5 Å². The first kappa shape index (κ1) is 17.3. The number of rotatable bonds is 5. The van der Waals surface area contributed by atoms with Crippen molar-refractivity contribution in [1.29, 1.82) is 0 Å². The zero-order valence-corrected chi connectivity index (χ0v) is 13.3. The number of ether oxygens (including phenoxy) is 1. The fraction of sp³-hybridized carbons (Fsp3) is 0.222. The molecule has 21 heavy (non-hydrogen) atoms. The van der Waals surface area contributed by atoms with Gasteiger partial charge < -0.3 is 10.5 Å². The van der Waals surface area contributed by atoms with Crippen molar-refractivity contribution in [3.8, 4) is 5.75 Å². The molecule has 2 aromatic rings. The molecule has 0 spiro atoms. The summed E-state index contributed by atoms with van der Waals surface area (Å²) < 4.78 is 5.96. The zero-order valence-electron chi connectivity index (χ0n) is 12.5. The molecular weight excluding hydrogens is 282 g/mol. The highest BCUT2D eigenvalue weighted by Gasteiger charge is 2.09. The minimum absolute atomic E-state index is 0. The van der Waals surface area contributed by atoms with Gasteiger partial charge >= 0.3 is 0 Å². The third-order valence-corrected chi connectivity index (χ3v) is 3.35. The monoisotopic (exact) mass is 303 g/mol. The van der Waals surface area contributed by atoms with Gasteiger partial charge in [-0.15, -0.1) is 19.0 Å². The molecule has 0 saturated heterocycles. The van der Waals surface area contributed by atoms with Crippen LogP contribution in [-0.2, 0) is 6.61 Å². The third kappa shape index (κ3) is 4.35. The van der Waals surface area contributed by atoms with E-state index in [1.807, 2.05) is 32.0 Å². The number of hydrogen-bond acceptors (Lipinski definition) is 2. The molecule has 0 aliphatic rings. The summed E-state index contributed by atoms with van der Waals surface area (Å²) >= 11 is 0. The average Bonchev–Trinajstić information content (AvgIpc) is 2.46. The number of nitrogens with two attached hydrogens (primary N) is 1. The van der Waals surface area contributed by atoms with Gasteiger partial charge in [-0.3, -0.25) is 0 Å². The van der Waals surface area contributed by atoms with Crippen molar-refractivity contribution in [3.63, 3.8) is 0 Å². The Hall–Kier alpha value is -1.77. The lowest BCUT2D eigenvalue weighted by molar-refractivity contribution is 0.302. The van der Waals surface area contributed by atoms with E-state index in [2.05, 4.69) is 30.8 Å². The van der Waals surface area contributed by atoms with Gasteiger partial charge in [-0.2, -0.15) is 0 Å². The first-order chi connectivity index (χ1) is 9.61. The standard InChI is InChI=1S/C18H21NO.ClH/c1-4-17(19)16-10-13(2)18(14(3)11-16)20-12-15-8-6-5-7-9-15;/h4-11,17H,1,12,19H2,2-3H3;1H/t17-;/m0./s1. The van der Waals surface area contributed by atoms with Crippen LogP contribution in [0.15, 0.2) is 55.1 Å². The van der Waals surface area contributed by atoms with Gasteiger partial charge in [-0.1, -0.05) is 48.5 Å². The van der Waals surface area contributed by atoms with Gasteiger partial charge in [-0.05, 0) is 36.1 Å². The Labute approximate surface area is 133 Å². The van der Waals surface area contributed by atoms with Gasteiger partial charge in [0.05, 0.1) is 0 Å². The molecule has 0 saturated carbocycles. The molecular formula is C18H22ClNO. The molecule has 2 nitrogen and oxygen atoms in total. The van der Waals surface area contributed by atoms with Gasteiger partial charge in [0.1, 0.15) is 12.4 Å². The van der Waals surface area contributed by atoms with Crippen molar-refractivity contribution >= 4 is 12.4 Å². The largest absolute Gasteiger partial charge is 0.488 e. The predicted octanol–water partition coefficient (Wildman–Crippen LogP) is 4.49.